The molecular weight excluding hydrogens is 278 g/mol. The maximum absolute atomic E-state index is 12.5. The zero-order valence-corrected chi connectivity index (χ0v) is 12.8. The van der Waals surface area contributed by atoms with Gasteiger partial charge >= 0.3 is 0 Å². The normalized spacial score (nSPS) is 10.7. The summed E-state index contributed by atoms with van der Waals surface area (Å²) in [5.41, 5.74) is 3.03. The first-order valence-electron chi connectivity index (χ1n) is 6.99. The van der Waals surface area contributed by atoms with Crippen LogP contribution in [0.1, 0.15) is 5.56 Å². The number of pyridine rings is 1. The van der Waals surface area contributed by atoms with Crippen LogP contribution in [0.25, 0.3) is 22.0 Å². The molecule has 112 valence electrons. The van der Waals surface area contributed by atoms with Crippen molar-refractivity contribution < 1.29 is 9.47 Å². The third-order valence-electron chi connectivity index (χ3n) is 3.82. The molecule has 0 aliphatic heterocycles. The lowest BCUT2D eigenvalue weighted by atomic mass is 9.98. The third-order valence-corrected chi connectivity index (χ3v) is 3.82. The van der Waals surface area contributed by atoms with E-state index in [1.165, 1.54) is 0 Å². The Hall–Kier alpha value is -2.75. The summed E-state index contributed by atoms with van der Waals surface area (Å²) in [6, 6.07) is 13.3. The molecule has 0 aliphatic rings. The Kier molecular flexibility index (Phi) is 3.59. The highest BCUT2D eigenvalue weighted by atomic mass is 16.5. The van der Waals surface area contributed by atoms with Crippen LogP contribution >= 0.6 is 0 Å². The topological polar surface area (TPSA) is 51.3 Å². The molecule has 22 heavy (non-hydrogen) atoms. The predicted molar refractivity (Wildman–Crippen MR) is 87.8 cm³/mol. The van der Waals surface area contributed by atoms with Crippen molar-refractivity contribution in [2.75, 3.05) is 14.2 Å². The van der Waals surface area contributed by atoms with E-state index in [4.69, 9.17) is 9.47 Å². The van der Waals surface area contributed by atoms with Crippen LogP contribution in [-0.2, 0) is 0 Å². The Morgan fingerprint density at radius 2 is 1.73 bits per heavy atom. The highest BCUT2D eigenvalue weighted by molar-refractivity contribution is 5.94. The van der Waals surface area contributed by atoms with Crippen molar-refractivity contribution in [3.8, 4) is 22.6 Å². The van der Waals surface area contributed by atoms with Crippen LogP contribution in [0.4, 0.5) is 0 Å². The number of aromatic nitrogens is 1. The van der Waals surface area contributed by atoms with E-state index in [2.05, 4.69) is 4.98 Å². The number of aryl methyl sites for hydroxylation is 1. The summed E-state index contributed by atoms with van der Waals surface area (Å²) < 4.78 is 10.7. The molecule has 4 nitrogen and oxygen atoms in total. The number of fused-ring (bicyclic) bond motifs is 1. The highest BCUT2D eigenvalue weighted by Gasteiger charge is 2.15. The van der Waals surface area contributed by atoms with Crippen molar-refractivity contribution in [3.05, 3.63) is 58.4 Å². The van der Waals surface area contributed by atoms with E-state index in [0.29, 0.717) is 22.6 Å². The fraction of sp³-hybridized carbons (Fsp3) is 0.167. The number of rotatable bonds is 3. The standard InChI is InChI=1S/C18H17NO3/c1-11-16(12-7-5-4-6-8-12)18(20)19-14-9-13(21-2)10-15(22-3)17(11)14/h4-10H,1-3H3,(H,19,20). The molecule has 0 radical (unpaired) electrons. The zero-order valence-electron chi connectivity index (χ0n) is 12.8. The second-order valence-electron chi connectivity index (χ2n) is 5.07. The molecule has 1 N–H and O–H groups in total. The van der Waals surface area contributed by atoms with Gasteiger partial charge in [0.15, 0.2) is 0 Å². The molecule has 0 fully saturated rings. The van der Waals surface area contributed by atoms with Crippen LogP contribution < -0.4 is 15.0 Å². The number of nitrogens with one attached hydrogen (secondary N) is 1. The van der Waals surface area contributed by atoms with Gasteiger partial charge in [-0.2, -0.15) is 0 Å². The molecule has 2 aromatic carbocycles. The number of aromatic amines is 1. The van der Waals surface area contributed by atoms with Gasteiger partial charge in [-0.25, -0.2) is 0 Å². The summed E-state index contributed by atoms with van der Waals surface area (Å²) in [7, 11) is 3.20. The average molecular weight is 295 g/mol. The Balaban J connectivity index is 2.40. The number of ether oxygens (including phenoxy) is 2. The lowest BCUT2D eigenvalue weighted by Crippen LogP contribution is -2.11. The predicted octanol–water partition coefficient (Wildman–Crippen LogP) is 3.52. The first-order chi connectivity index (χ1) is 10.7. The first kappa shape index (κ1) is 14.2. The van der Waals surface area contributed by atoms with Crippen LogP contribution in [0.2, 0.25) is 0 Å². The number of H-pyrrole nitrogens is 1. The van der Waals surface area contributed by atoms with Crippen LogP contribution in [0, 0.1) is 6.92 Å². The van der Waals surface area contributed by atoms with Crippen LogP contribution in [0.3, 0.4) is 0 Å². The van der Waals surface area contributed by atoms with Gasteiger partial charge in [-0.15, -0.1) is 0 Å². The molecule has 1 aromatic heterocycles. The molecule has 0 saturated carbocycles. The zero-order chi connectivity index (χ0) is 15.7. The van der Waals surface area contributed by atoms with Crippen molar-refractivity contribution in [1.29, 1.82) is 0 Å². The number of hydrogen-bond acceptors (Lipinski definition) is 3. The Morgan fingerprint density at radius 1 is 1.00 bits per heavy atom. The smallest absolute Gasteiger partial charge is 0.256 e. The molecule has 0 atom stereocenters. The number of benzene rings is 2. The summed E-state index contributed by atoms with van der Waals surface area (Å²) >= 11 is 0. The van der Waals surface area contributed by atoms with Crippen molar-refractivity contribution in [2.45, 2.75) is 6.92 Å². The largest absolute Gasteiger partial charge is 0.497 e. The fourth-order valence-electron chi connectivity index (χ4n) is 2.79. The Morgan fingerprint density at radius 3 is 2.36 bits per heavy atom. The lowest BCUT2D eigenvalue weighted by Gasteiger charge is -2.13. The minimum atomic E-state index is -0.119. The van der Waals surface area contributed by atoms with E-state index >= 15 is 0 Å². The van der Waals surface area contributed by atoms with Gasteiger partial charge in [0.1, 0.15) is 11.5 Å². The van der Waals surface area contributed by atoms with E-state index < -0.39 is 0 Å². The molecule has 0 bridgehead atoms. The third kappa shape index (κ3) is 2.22. The minimum absolute atomic E-state index is 0.119. The minimum Gasteiger partial charge on any atom is -0.497 e. The molecule has 0 aliphatic carbocycles. The molecule has 4 heteroatoms. The van der Waals surface area contributed by atoms with Gasteiger partial charge in [-0.1, -0.05) is 30.3 Å². The second-order valence-corrected chi connectivity index (χ2v) is 5.07. The maximum atomic E-state index is 12.5. The van der Waals surface area contributed by atoms with Crippen molar-refractivity contribution >= 4 is 10.9 Å². The van der Waals surface area contributed by atoms with Gasteiger partial charge in [0.2, 0.25) is 0 Å². The van der Waals surface area contributed by atoms with E-state index in [9.17, 15) is 4.79 Å². The lowest BCUT2D eigenvalue weighted by molar-refractivity contribution is 0.397. The average Bonchev–Trinajstić information content (AvgIpc) is 2.54. The number of methoxy groups -OCH3 is 2. The van der Waals surface area contributed by atoms with E-state index in [1.54, 1.807) is 20.3 Å². The summed E-state index contributed by atoms with van der Waals surface area (Å²) in [5.74, 6) is 1.33. The fourth-order valence-corrected chi connectivity index (χ4v) is 2.79. The monoisotopic (exact) mass is 295 g/mol. The van der Waals surface area contributed by atoms with Gasteiger partial charge in [-0.05, 0) is 18.1 Å². The van der Waals surface area contributed by atoms with Gasteiger partial charge < -0.3 is 14.5 Å². The molecule has 3 aromatic rings. The van der Waals surface area contributed by atoms with Crippen LogP contribution in [0.15, 0.2) is 47.3 Å². The molecule has 0 unspecified atom stereocenters. The highest BCUT2D eigenvalue weighted by Crippen LogP contribution is 2.34. The Labute approximate surface area is 128 Å². The maximum Gasteiger partial charge on any atom is 0.256 e. The summed E-state index contributed by atoms with van der Waals surface area (Å²) in [4.78, 5) is 15.4. The van der Waals surface area contributed by atoms with Crippen molar-refractivity contribution in [1.82, 2.24) is 4.98 Å². The van der Waals surface area contributed by atoms with Gasteiger partial charge in [-0.3, -0.25) is 4.79 Å². The van der Waals surface area contributed by atoms with Crippen molar-refractivity contribution in [2.24, 2.45) is 0 Å². The first-order valence-corrected chi connectivity index (χ1v) is 6.99. The summed E-state index contributed by atoms with van der Waals surface area (Å²) in [6.07, 6.45) is 0. The van der Waals surface area contributed by atoms with E-state index in [1.807, 2.05) is 43.3 Å². The second kappa shape index (κ2) is 5.56. The van der Waals surface area contributed by atoms with E-state index in [-0.39, 0.29) is 5.56 Å². The number of hydrogen-bond donors (Lipinski definition) is 1. The molecule has 0 saturated heterocycles. The molecule has 3 rings (SSSR count). The molecule has 1 heterocycles. The van der Waals surface area contributed by atoms with Gasteiger partial charge in [0.05, 0.1) is 25.3 Å². The molecule has 0 spiro atoms. The Bertz CT molecular complexity index is 882. The summed E-state index contributed by atoms with van der Waals surface area (Å²) in [6.45, 7) is 1.94. The summed E-state index contributed by atoms with van der Waals surface area (Å²) in [5, 5.41) is 0.891. The quantitative estimate of drug-likeness (QED) is 0.804. The SMILES string of the molecule is COc1cc(OC)c2c(C)c(-c3ccccc3)c(=O)[nH]c2c1. The van der Waals surface area contributed by atoms with Gasteiger partial charge in [0, 0.05) is 17.5 Å². The van der Waals surface area contributed by atoms with Crippen molar-refractivity contribution in [3.63, 3.8) is 0 Å². The molecule has 0 amide bonds. The van der Waals surface area contributed by atoms with Crippen LogP contribution in [0.5, 0.6) is 11.5 Å². The van der Waals surface area contributed by atoms with E-state index in [0.717, 1.165) is 16.5 Å². The molecular formula is C18H17NO3. The van der Waals surface area contributed by atoms with Crippen LogP contribution in [-0.4, -0.2) is 19.2 Å². The van der Waals surface area contributed by atoms with Gasteiger partial charge in [0.25, 0.3) is 5.56 Å².